The second-order valence-electron chi connectivity index (χ2n) is 3.30. The van der Waals surface area contributed by atoms with E-state index in [4.69, 9.17) is 10.5 Å². The summed E-state index contributed by atoms with van der Waals surface area (Å²) in [5, 5.41) is 0. The van der Waals surface area contributed by atoms with Gasteiger partial charge in [-0.25, -0.2) is 0 Å². The average Bonchev–Trinajstić information content (AvgIpc) is 2.17. The highest BCUT2D eigenvalue weighted by Crippen LogP contribution is 2.28. The van der Waals surface area contributed by atoms with Crippen LogP contribution in [0.15, 0.2) is 12.1 Å². The van der Waals surface area contributed by atoms with Gasteiger partial charge >= 0.3 is 5.97 Å². The first kappa shape index (κ1) is 11.4. The van der Waals surface area contributed by atoms with Crippen LogP contribution in [0.1, 0.15) is 11.1 Å². The first-order valence-corrected chi connectivity index (χ1v) is 4.58. The number of hydrogen-bond acceptors (Lipinski definition) is 4. The van der Waals surface area contributed by atoms with E-state index in [0.29, 0.717) is 11.4 Å². The molecule has 0 aliphatic rings. The van der Waals surface area contributed by atoms with Crippen LogP contribution in [0.3, 0.4) is 0 Å². The number of aryl methyl sites for hydroxylation is 1. The molecule has 0 saturated heterocycles. The summed E-state index contributed by atoms with van der Waals surface area (Å²) >= 11 is 0. The van der Waals surface area contributed by atoms with Crippen molar-refractivity contribution in [2.75, 3.05) is 20.0 Å². The van der Waals surface area contributed by atoms with Crippen LogP contribution < -0.4 is 10.5 Å². The molecule has 0 aliphatic carbocycles. The summed E-state index contributed by atoms with van der Waals surface area (Å²) < 4.78 is 9.74. The number of anilines is 1. The number of carbonyl (C=O) groups is 1. The van der Waals surface area contributed by atoms with Gasteiger partial charge in [0, 0.05) is 5.56 Å². The quantitative estimate of drug-likeness (QED) is 0.602. The fourth-order valence-corrected chi connectivity index (χ4v) is 1.49. The van der Waals surface area contributed by atoms with Crippen LogP contribution in [-0.4, -0.2) is 20.2 Å². The Hall–Kier alpha value is -1.71. The number of benzene rings is 1. The van der Waals surface area contributed by atoms with Crippen molar-refractivity contribution >= 4 is 11.7 Å². The van der Waals surface area contributed by atoms with Crippen LogP contribution in [0.25, 0.3) is 0 Å². The molecule has 1 aromatic carbocycles. The van der Waals surface area contributed by atoms with E-state index in [-0.39, 0.29) is 12.4 Å². The number of carbonyl (C=O) groups excluding carboxylic acids is 1. The fraction of sp³-hybridized carbons (Fsp3) is 0.364. The van der Waals surface area contributed by atoms with Crippen LogP contribution in [0, 0.1) is 6.92 Å². The molecular weight excluding hydrogens is 194 g/mol. The molecule has 0 aliphatic heterocycles. The van der Waals surface area contributed by atoms with Gasteiger partial charge in [0.15, 0.2) is 0 Å². The molecule has 0 saturated carbocycles. The van der Waals surface area contributed by atoms with Gasteiger partial charge in [0.25, 0.3) is 0 Å². The van der Waals surface area contributed by atoms with Crippen molar-refractivity contribution in [2.24, 2.45) is 0 Å². The predicted octanol–water partition coefficient (Wildman–Crippen LogP) is 1.30. The third-order valence-electron chi connectivity index (χ3n) is 2.11. The second kappa shape index (κ2) is 4.68. The molecule has 0 radical (unpaired) electrons. The fourth-order valence-electron chi connectivity index (χ4n) is 1.49. The number of nitrogens with two attached hydrogens (primary N) is 1. The molecule has 4 heteroatoms. The highest BCUT2D eigenvalue weighted by Gasteiger charge is 2.12. The van der Waals surface area contributed by atoms with Crippen molar-refractivity contribution in [1.29, 1.82) is 0 Å². The van der Waals surface area contributed by atoms with E-state index in [1.807, 2.05) is 13.0 Å². The number of nitrogen functional groups attached to an aromatic ring is 1. The van der Waals surface area contributed by atoms with Crippen LogP contribution in [0.2, 0.25) is 0 Å². The number of ether oxygens (including phenoxy) is 2. The Balaban J connectivity index is 3.09. The highest BCUT2D eigenvalue weighted by molar-refractivity contribution is 5.75. The number of hydrogen-bond donors (Lipinski definition) is 1. The first-order chi connectivity index (χ1) is 7.08. The van der Waals surface area contributed by atoms with Crippen molar-refractivity contribution in [3.8, 4) is 5.75 Å². The Labute approximate surface area is 89.0 Å². The summed E-state index contributed by atoms with van der Waals surface area (Å²) in [5.74, 6) is 0.240. The lowest BCUT2D eigenvalue weighted by Crippen LogP contribution is -2.07. The lowest BCUT2D eigenvalue weighted by Gasteiger charge is -2.11. The summed E-state index contributed by atoms with van der Waals surface area (Å²) in [7, 11) is 2.88. The van der Waals surface area contributed by atoms with Gasteiger partial charge in [0.2, 0.25) is 0 Å². The molecule has 1 aromatic rings. The zero-order chi connectivity index (χ0) is 11.4. The Kier molecular flexibility index (Phi) is 3.55. The van der Waals surface area contributed by atoms with Crippen molar-refractivity contribution < 1.29 is 14.3 Å². The van der Waals surface area contributed by atoms with Crippen LogP contribution in [0.4, 0.5) is 5.69 Å². The predicted molar refractivity (Wildman–Crippen MR) is 57.9 cm³/mol. The number of rotatable bonds is 3. The van der Waals surface area contributed by atoms with Crippen molar-refractivity contribution in [1.82, 2.24) is 0 Å². The van der Waals surface area contributed by atoms with E-state index in [0.717, 1.165) is 11.1 Å². The molecule has 0 fully saturated rings. The van der Waals surface area contributed by atoms with Gasteiger partial charge < -0.3 is 15.2 Å². The van der Waals surface area contributed by atoms with E-state index >= 15 is 0 Å². The lowest BCUT2D eigenvalue weighted by atomic mass is 10.1. The highest BCUT2D eigenvalue weighted by atomic mass is 16.5. The molecule has 2 N–H and O–H groups in total. The molecule has 0 spiro atoms. The summed E-state index contributed by atoms with van der Waals surface area (Å²) in [4.78, 5) is 11.2. The molecule has 0 bridgehead atoms. The monoisotopic (exact) mass is 209 g/mol. The smallest absolute Gasteiger partial charge is 0.310 e. The minimum atomic E-state index is -0.307. The lowest BCUT2D eigenvalue weighted by molar-refractivity contribution is -0.139. The summed E-state index contributed by atoms with van der Waals surface area (Å²) in [6, 6.07) is 3.67. The molecule has 0 unspecified atom stereocenters. The topological polar surface area (TPSA) is 61.5 Å². The molecular formula is C11H15NO3. The maximum absolute atomic E-state index is 11.2. The average molecular weight is 209 g/mol. The normalized spacial score (nSPS) is 9.80. The van der Waals surface area contributed by atoms with E-state index in [1.165, 1.54) is 14.2 Å². The third-order valence-corrected chi connectivity index (χ3v) is 2.11. The summed E-state index contributed by atoms with van der Waals surface area (Å²) in [5.41, 5.74) is 8.06. The van der Waals surface area contributed by atoms with Crippen LogP contribution in [0.5, 0.6) is 5.75 Å². The minimum absolute atomic E-state index is 0.172. The number of methoxy groups -OCH3 is 2. The molecule has 0 atom stereocenters. The Morgan fingerprint density at radius 1 is 1.40 bits per heavy atom. The molecule has 82 valence electrons. The Morgan fingerprint density at radius 3 is 2.60 bits per heavy atom. The maximum Gasteiger partial charge on any atom is 0.310 e. The van der Waals surface area contributed by atoms with Crippen molar-refractivity contribution in [3.05, 3.63) is 23.3 Å². The Bertz CT molecular complexity index is 374. The molecule has 0 amide bonds. The molecule has 0 heterocycles. The van der Waals surface area contributed by atoms with E-state index in [9.17, 15) is 4.79 Å². The first-order valence-electron chi connectivity index (χ1n) is 4.58. The van der Waals surface area contributed by atoms with Crippen LogP contribution >= 0.6 is 0 Å². The second-order valence-corrected chi connectivity index (χ2v) is 3.30. The van der Waals surface area contributed by atoms with Gasteiger partial charge in [0.1, 0.15) is 5.75 Å². The van der Waals surface area contributed by atoms with Crippen molar-refractivity contribution in [3.63, 3.8) is 0 Å². The van der Waals surface area contributed by atoms with Gasteiger partial charge in [-0.05, 0) is 18.6 Å². The van der Waals surface area contributed by atoms with Crippen molar-refractivity contribution in [2.45, 2.75) is 13.3 Å². The van der Waals surface area contributed by atoms with Gasteiger partial charge in [-0.2, -0.15) is 0 Å². The van der Waals surface area contributed by atoms with E-state index < -0.39 is 0 Å². The third kappa shape index (κ3) is 2.62. The van der Waals surface area contributed by atoms with Gasteiger partial charge in [-0.3, -0.25) is 4.79 Å². The van der Waals surface area contributed by atoms with E-state index in [1.54, 1.807) is 6.07 Å². The zero-order valence-electron chi connectivity index (χ0n) is 9.16. The van der Waals surface area contributed by atoms with Gasteiger partial charge in [-0.15, -0.1) is 0 Å². The van der Waals surface area contributed by atoms with Crippen LogP contribution in [-0.2, 0) is 16.0 Å². The summed E-state index contributed by atoms with van der Waals surface area (Å²) in [6.45, 7) is 1.91. The molecule has 15 heavy (non-hydrogen) atoms. The SMILES string of the molecule is COC(=O)Cc1cc(C)cc(N)c1OC. The van der Waals surface area contributed by atoms with E-state index in [2.05, 4.69) is 4.74 Å². The maximum atomic E-state index is 11.2. The molecule has 0 aromatic heterocycles. The standard InChI is InChI=1S/C11H15NO3/c1-7-4-8(6-10(13)14-2)11(15-3)9(12)5-7/h4-5H,6,12H2,1-3H3. The minimum Gasteiger partial charge on any atom is -0.494 e. The number of esters is 1. The van der Waals surface area contributed by atoms with Gasteiger partial charge in [-0.1, -0.05) is 6.07 Å². The largest absolute Gasteiger partial charge is 0.494 e. The molecule has 4 nitrogen and oxygen atoms in total. The van der Waals surface area contributed by atoms with Gasteiger partial charge in [0.05, 0.1) is 26.3 Å². The summed E-state index contributed by atoms with van der Waals surface area (Å²) in [6.07, 6.45) is 0.172. The zero-order valence-corrected chi connectivity index (χ0v) is 9.16. The molecule has 1 rings (SSSR count). The Morgan fingerprint density at radius 2 is 2.07 bits per heavy atom.